The second kappa shape index (κ2) is 18.6. The smallest absolute Gasteiger partial charge is 0.396 e. The van der Waals surface area contributed by atoms with Crippen molar-refractivity contribution in [2.24, 2.45) is 11.8 Å². The molecule has 0 atom stereocenters. The molecule has 2 aromatic carbocycles. The molecule has 0 saturated heterocycles. The zero-order valence-electron chi connectivity index (χ0n) is 21.9. The van der Waals surface area contributed by atoms with Gasteiger partial charge in [-0.2, -0.15) is 26.3 Å². The number of halogens is 7. The molecule has 0 heterocycles. The average molecular weight is 602 g/mol. The molecule has 0 bridgehead atoms. The molecule has 1 N–H and O–H groups in total. The monoisotopic (exact) mass is 600 g/mol. The quantitative estimate of drug-likeness (QED) is 0.217. The summed E-state index contributed by atoms with van der Waals surface area (Å²) in [5, 5.41) is 9.10. The second-order valence-electron chi connectivity index (χ2n) is 8.59. The maximum Gasteiger partial charge on any atom is 0.416 e. The highest BCUT2D eigenvalue weighted by atomic mass is 79.9. The fourth-order valence-electron chi connectivity index (χ4n) is 2.99. The highest BCUT2D eigenvalue weighted by molar-refractivity contribution is 9.08. The van der Waals surface area contributed by atoms with E-state index in [4.69, 9.17) is 9.84 Å². The maximum atomic E-state index is 12.3. The zero-order chi connectivity index (χ0) is 28.5. The predicted molar refractivity (Wildman–Crippen MR) is 140 cm³/mol. The number of ether oxygens (including phenoxy) is 1. The van der Waals surface area contributed by atoms with Crippen molar-refractivity contribution in [1.29, 1.82) is 0 Å². The molecule has 0 aliphatic rings. The molecule has 0 fully saturated rings. The van der Waals surface area contributed by atoms with Crippen LogP contribution in [0, 0.1) is 11.8 Å². The minimum absolute atomic E-state index is 0.354. The van der Waals surface area contributed by atoms with Crippen molar-refractivity contribution in [3.05, 3.63) is 70.8 Å². The Morgan fingerprint density at radius 1 is 0.676 bits per heavy atom. The molecular formula is C28H39BrF6O2. The summed E-state index contributed by atoms with van der Waals surface area (Å²) in [5.41, 5.74) is 0.385. The Balaban J connectivity index is 0.000000586. The highest BCUT2D eigenvalue weighted by Crippen LogP contribution is 2.30. The normalized spacial score (nSPS) is 11.6. The second-order valence-corrected chi connectivity index (χ2v) is 9.15. The third-order valence-electron chi connectivity index (χ3n) is 5.91. The van der Waals surface area contributed by atoms with Gasteiger partial charge in [-0.25, -0.2) is 0 Å². The summed E-state index contributed by atoms with van der Waals surface area (Å²) >= 11 is 3.15. The van der Waals surface area contributed by atoms with E-state index in [0.717, 1.165) is 61.1 Å². The topological polar surface area (TPSA) is 29.5 Å². The largest absolute Gasteiger partial charge is 0.416 e. The molecular weight excluding hydrogens is 562 g/mol. The molecule has 37 heavy (non-hydrogen) atoms. The predicted octanol–water partition coefficient (Wildman–Crippen LogP) is 9.67. The summed E-state index contributed by atoms with van der Waals surface area (Å²) in [4.78, 5) is 0. The van der Waals surface area contributed by atoms with Crippen LogP contribution in [0.4, 0.5) is 26.3 Å². The number of hydrogen-bond donors (Lipinski definition) is 1. The fourth-order valence-corrected chi connectivity index (χ4v) is 3.36. The molecule has 2 nitrogen and oxygen atoms in total. The molecule has 0 spiro atoms. The number of aliphatic hydroxyl groups is 1. The van der Waals surface area contributed by atoms with Gasteiger partial charge in [0.2, 0.25) is 0 Å². The molecule has 212 valence electrons. The minimum atomic E-state index is -4.27. The van der Waals surface area contributed by atoms with Crippen molar-refractivity contribution in [1.82, 2.24) is 0 Å². The van der Waals surface area contributed by atoms with Crippen LogP contribution in [0.5, 0.6) is 0 Å². The Morgan fingerprint density at radius 2 is 1.05 bits per heavy atom. The van der Waals surface area contributed by atoms with Crippen molar-refractivity contribution < 1.29 is 36.2 Å². The van der Waals surface area contributed by atoms with E-state index < -0.39 is 23.5 Å². The fraction of sp³-hybridized carbons (Fsp3) is 0.571. The third kappa shape index (κ3) is 15.4. The summed E-state index contributed by atoms with van der Waals surface area (Å²) in [6, 6.07) is 10.2. The lowest BCUT2D eigenvalue weighted by atomic mass is 10.1. The van der Waals surface area contributed by atoms with Crippen LogP contribution < -0.4 is 0 Å². The summed E-state index contributed by atoms with van der Waals surface area (Å²) < 4.78 is 78.6. The van der Waals surface area contributed by atoms with Crippen LogP contribution in [0.2, 0.25) is 0 Å². The van der Waals surface area contributed by atoms with Crippen LogP contribution in [0.3, 0.4) is 0 Å². The Kier molecular flexibility index (Phi) is 17.8. The summed E-state index contributed by atoms with van der Waals surface area (Å²) in [7, 11) is 0. The van der Waals surface area contributed by atoms with Crippen LogP contribution in [-0.2, 0) is 29.0 Å². The molecule has 0 saturated carbocycles. The maximum absolute atomic E-state index is 12.3. The van der Waals surface area contributed by atoms with Crippen LogP contribution in [0.1, 0.15) is 75.6 Å². The van der Waals surface area contributed by atoms with Gasteiger partial charge in [0.15, 0.2) is 0 Å². The Hall–Kier alpha value is -1.58. The number of aliphatic hydroxyl groups excluding tert-OH is 1. The number of alkyl halides is 7. The van der Waals surface area contributed by atoms with Gasteiger partial charge >= 0.3 is 12.4 Å². The summed E-state index contributed by atoms with van der Waals surface area (Å²) in [5.74, 6) is 1.07. The third-order valence-corrected chi connectivity index (χ3v) is 6.55. The standard InChI is InChI=1S/C14H19F3O.C8H6BrF3.C6H14O/c1-3-11(4-2)9-18-10-12-5-7-13(8-6-12)14(15,16)17;9-5-6-1-3-7(4-2-6)8(10,11)12;1-3-6(4-2)5-7/h5-8,11H,3-4,9-10H2,1-2H3;1-4H,5H2;6-7H,3-5H2,1-2H3. The average Bonchev–Trinajstić information content (AvgIpc) is 2.88. The first-order valence-corrected chi connectivity index (χ1v) is 13.5. The molecule has 0 aliphatic carbocycles. The van der Waals surface area contributed by atoms with Crippen LogP contribution >= 0.6 is 15.9 Å². The van der Waals surface area contributed by atoms with Gasteiger partial charge in [-0.3, -0.25) is 0 Å². The SMILES string of the molecule is CCC(CC)CO.CCC(CC)COCc1ccc(C(F)(F)F)cc1.FC(F)(F)c1ccc(CBr)cc1. The number of rotatable bonds is 10. The van der Waals surface area contributed by atoms with Crippen molar-refractivity contribution in [2.45, 2.75) is 77.7 Å². The molecule has 0 amide bonds. The van der Waals surface area contributed by atoms with Gasteiger partial charge in [0.05, 0.1) is 17.7 Å². The van der Waals surface area contributed by atoms with Gasteiger partial charge in [0.25, 0.3) is 0 Å². The molecule has 2 aromatic rings. The first-order chi connectivity index (χ1) is 17.4. The van der Waals surface area contributed by atoms with Gasteiger partial charge in [-0.1, -0.05) is 93.6 Å². The molecule has 0 unspecified atom stereocenters. The van der Waals surface area contributed by atoms with Gasteiger partial charge in [0.1, 0.15) is 0 Å². The minimum Gasteiger partial charge on any atom is -0.396 e. The Morgan fingerprint density at radius 3 is 1.32 bits per heavy atom. The van der Waals surface area contributed by atoms with Crippen LogP contribution in [0.25, 0.3) is 0 Å². The highest BCUT2D eigenvalue weighted by Gasteiger charge is 2.30. The van der Waals surface area contributed by atoms with Gasteiger partial charge in [-0.05, 0) is 47.2 Å². The van der Waals surface area contributed by atoms with E-state index in [1.165, 1.54) is 24.3 Å². The van der Waals surface area contributed by atoms with E-state index in [-0.39, 0.29) is 0 Å². The molecule has 0 aromatic heterocycles. The lowest BCUT2D eigenvalue weighted by molar-refractivity contribution is -0.138. The Labute approximate surface area is 225 Å². The van der Waals surface area contributed by atoms with Crippen molar-refractivity contribution >= 4 is 15.9 Å². The van der Waals surface area contributed by atoms with Crippen LogP contribution in [0.15, 0.2) is 48.5 Å². The lowest BCUT2D eigenvalue weighted by Gasteiger charge is -2.13. The van der Waals surface area contributed by atoms with Crippen LogP contribution in [-0.4, -0.2) is 18.3 Å². The molecule has 0 aliphatic heterocycles. The molecule has 9 heteroatoms. The van der Waals surface area contributed by atoms with E-state index in [9.17, 15) is 26.3 Å². The molecule has 0 radical (unpaired) electrons. The first kappa shape index (κ1) is 35.4. The molecule has 2 rings (SSSR count). The number of benzene rings is 2. The van der Waals surface area contributed by atoms with Gasteiger partial charge in [-0.15, -0.1) is 0 Å². The zero-order valence-corrected chi connectivity index (χ0v) is 23.5. The van der Waals surface area contributed by atoms with E-state index in [1.807, 2.05) is 0 Å². The first-order valence-electron chi connectivity index (χ1n) is 12.4. The van der Waals surface area contributed by atoms with E-state index in [0.29, 0.717) is 37.0 Å². The van der Waals surface area contributed by atoms with E-state index >= 15 is 0 Å². The summed E-state index contributed by atoms with van der Waals surface area (Å²) in [6.45, 7) is 9.80. The summed E-state index contributed by atoms with van der Waals surface area (Å²) in [6.07, 6.45) is -4.17. The van der Waals surface area contributed by atoms with Crippen molar-refractivity contribution in [2.75, 3.05) is 13.2 Å². The number of hydrogen-bond acceptors (Lipinski definition) is 2. The Bertz CT molecular complexity index is 807. The van der Waals surface area contributed by atoms with E-state index in [2.05, 4.69) is 43.6 Å². The van der Waals surface area contributed by atoms with Crippen molar-refractivity contribution in [3.8, 4) is 0 Å². The van der Waals surface area contributed by atoms with Gasteiger partial charge in [0, 0.05) is 18.5 Å². The lowest BCUT2D eigenvalue weighted by Crippen LogP contribution is -2.08. The van der Waals surface area contributed by atoms with E-state index in [1.54, 1.807) is 0 Å². The van der Waals surface area contributed by atoms with Gasteiger partial charge < -0.3 is 9.84 Å². The van der Waals surface area contributed by atoms with Crippen molar-refractivity contribution in [3.63, 3.8) is 0 Å².